The van der Waals surface area contributed by atoms with Gasteiger partial charge in [-0.05, 0) is 32.6 Å². The van der Waals surface area contributed by atoms with E-state index in [0.717, 1.165) is 19.3 Å². The van der Waals surface area contributed by atoms with E-state index in [1.54, 1.807) is 7.11 Å². The minimum absolute atomic E-state index is 0.108. The van der Waals surface area contributed by atoms with Crippen LogP contribution in [0.15, 0.2) is 0 Å². The van der Waals surface area contributed by atoms with Crippen LogP contribution in [0.3, 0.4) is 0 Å². The van der Waals surface area contributed by atoms with Gasteiger partial charge < -0.3 is 23.9 Å². The van der Waals surface area contributed by atoms with Crippen LogP contribution < -0.4 is 0 Å². The van der Waals surface area contributed by atoms with Gasteiger partial charge in [-0.15, -0.1) is 0 Å². The van der Waals surface area contributed by atoms with Gasteiger partial charge in [-0.3, -0.25) is 4.79 Å². The maximum atomic E-state index is 12.3. The third-order valence-electron chi connectivity index (χ3n) is 4.00. The highest BCUT2D eigenvalue weighted by Gasteiger charge is 2.44. The number of nitrogens with zero attached hydrogens (tertiary/aromatic N) is 1. The van der Waals surface area contributed by atoms with Crippen LogP contribution in [0.25, 0.3) is 0 Å². The van der Waals surface area contributed by atoms with E-state index < -0.39 is 8.60 Å². The molecule has 2 N–H and O–H groups in total. The van der Waals surface area contributed by atoms with Crippen molar-refractivity contribution < 1.29 is 23.8 Å². The molecule has 0 spiro atoms. The first kappa shape index (κ1) is 17.8. The molecule has 1 fully saturated rings. The van der Waals surface area contributed by atoms with Crippen molar-refractivity contribution in [3.05, 3.63) is 0 Å². The zero-order valence-electron chi connectivity index (χ0n) is 12.5. The third-order valence-corrected chi connectivity index (χ3v) is 4.49. The van der Waals surface area contributed by atoms with Crippen LogP contribution in [-0.4, -0.2) is 52.5 Å². The van der Waals surface area contributed by atoms with E-state index in [-0.39, 0.29) is 17.6 Å². The number of carbonyl (C=O) groups is 1. The first-order chi connectivity index (χ1) is 9.42. The van der Waals surface area contributed by atoms with Crippen molar-refractivity contribution in [1.82, 2.24) is 4.90 Å². The molecule has 1 rings (SSSR count). The SMILES string of the molecule is CCC1(C)C[C@@H](OP(O)O)CN1C(=O)CCCCOC. The van der Waals surface area contributed by atoms with Crippen molar-refractivity contribution in [2.24, 2.45) is 0 Å². The number of rotatable bonds is 8. The van der Waals surface area contributed by atoms with E-state index in [1.807, 2.05) is 18.7 Å². The van der Waals surface area contributed by atoms with E-state index in [0.29, 0.717) is 26.0 Å². The minimum atomic E-state index is -2.37. The van der Waals surface area contributed by atoms with E-state index in [2.05, 4.69) is 0 Å². The number of likely N-dealkylation sites (tertiary alicyclic amines) is 1. The van der Waals surface area contributed by atoms with E-state index >= 15 is 0 Å². The summed E-state index contributed by atoms with van der Waals surface area (Å²) in [5, 5.41) is 0. The molecule has 0 aromatic heterocycles. The van der Waals surface area contributed by atoms with Gasteiger partial charge in [-0.25, -0.2) is 0 Å². The Balaban J connectivity index is 2.54. The van der Waals surface area contributed by atoms with Gasteiger partial charge in [0.25, 0.3) is 0 Å². The lowest BCUT2D eigenvalue weighted by molar-refractivity contribution is -0.135. The molecule has 7 heteroatoms. The normalized spacial score (nSPS) is 26.5. The molecular weight excluding hydrogens is 281 g/mol. The van der Waals surface area contributed by atoms with Crippen LogP contribution in [-0.2, 0) is 14.1 Å². The summed E-state index contributed by atoms with van der Waals surface area (Å²) in [6.07, 6.45) is 3.36. The summed E-state index contributed by atoms with van der Waals surface area (Å²) < 4.78 is 10.1. The summed E-state index contributed by atoms with van der Waals surface area (Å²) in [4.78, 5) is 32.1. The average Bonchev–Trinajstić information content (AvgIpc) is 2.71. The fourth-order valence-electron chi connectivity index (χ4n) is 2.69. The molecule has 0 radical (unpaired) electrons. The van der Waals surface area contributed by atoms with Gasteiger partial charge >= 0.3 is 8.60 Å². The van der Waals surface area contributed by atoms with Crippen molar-refractivity contribution in [2.75, 3.05) is 20.3 Å². The molecule has 6 nitrogen and oxygen atoms in total. The molecule has 1 amide bonds. The van der Waals surface area contributed by atoms with Crippen LogP contribution in [0.5, 0.6) is 0 Å². The Kier molecular flexibility index (Phi) is 7.34. The largest absolute Gasteiger partial charge is 0.385 e. The zero-order valence-corrected chi connectivity index (χ0v) is 13.4. The smallest absolute Gasteiger partial charge is 0.327 e. The summed E-state index contributed by atoms with van der Waals surface area (Å²) in [6, 6.07) is 0. The van der Waals surface area contributed by atoms with E-state index in [9.17, 15) is 4.79 Å². The molecule has 0 aliphatic carbocycles. The molecular formula is C13H26NO5P. The second-order valence-corrected chi connectivity index (χ2v) is 6.21. The Morgan fingerprint density at radius 1 is 1.45 bits per heavy atom. The van der Waals surface area contributed by atoms with Gasteiger partial charge in [0.05, 0.1) is 6.10 Å². The van der Waals surface area contributed by atoms with E-state index in [1.165, 1.54) is 0 Å². The molecule has 0 saturated carbocycles. The second kappa shape index (κ2) is 8.25. The van der Waals surface area contributed by atoms with Crippen molar-refractivity contribution in [1.29, 1.82) is 0 Å². The first-order valence-electron chi connectivity index (χ1n) is 7.07. The highest BCUT2D eigenvalue weighted by Crippen LogP contribution is 2.39. The summed E-state index contributed by atoms with van der Waals surface area (Å²) in [5.74, 6) is 0.108. The minimum Gasteiger partial charge on any atom is -0.385 e. The van der Waals surface area contributed by atoms with Crippen LogP contribution in [0.1, 0.15) is 46.0 Å². The molecule has 118 valence electrons. The molecule has 1 aliphatic heterocycles. The Hall–Kier alpha value is -0.260. The summed E-state index contributed by atoms with van der Waals surface area (Å²) in [5.41, 5.74) is -0.256. The molecule has 0 bridgehead atoms. The second-order valence-electron chi connectivity index (χ2n) is 5.49. The average molecular weight is 307 g/mol. The van der Waals surface area contributed by atoms with Crippen molar-refractivity contribution in [3.8, 4) is 0 Å². The van der Waals surface area contributed by atoms with Gasteiger partial charge in [-0.1, -0.05) is 6.92 Å². The maximum absolute atomic E-state index is 12.3. The molecule has 0 aromatic carbocycles. The number of hydrogen-bond acceptors (Lipinski definition) is 5. The monoisotopic (exact) mass is 307 g/mol. The third kappa shape index (κ3) is 4.93. The lowest BCUT2D eigenvalue weighted by atomic mass is 9.94. The Labute approximate surface area is 122 Å². The van der Waals surface area contributed by atoms with Crippen molar-refractivity contribution in [2.45, 2.75) is 57.6 Å². The Bertz CT molecular complexity index is 315. The number of amides is 1. The number of methoxy groups -OCH3 is 1. The Morgan fingerprint density at radius 2 is 2.15 bits per heavy atom. The summed E-state index contributed by atoms with van der Waals surface area (Å²) in [7, 11) is -0.714. The van der Waals surface area contributed by atoms with Gasteiger partial charge in [0.15, 0.2) is 0 Å². The number of unbranched alkanes of at least 4 members (excludes halogenated alkanes) is 1. The first-order valence-corrected chi connectivity index (χ1v) is 8.23. The van der Waals surface area contributed by atoms with Gasteiger partial charge in [0.1, 0.15) is 0 Å². The van der Waals surface area contributed by atoms with Crippen molar-refractivity contribution in [3.63, 3.8) is 0 Å². The molecule has 1 aliphatic rings. The maximum Gasteiger partial charge on any atom is 0.327 e. The molecule has 0 aromatic rings. The fraction of sp³-hybridized carbons (Fsp3) is 0.923. The summed E-state index contributed by atoms with van der Waals surface area (Å²) >= 11 is 0. The fourth-order valence-corrected chi connectivity index (χ4v) is 3.10. The summed E-state index contributed by atoms with van der Waals surface area (Å²) in [6.45, 7) is 5.17. The molecule has 1 unspecified atom stereocenters. The number of ether oxygens (including phenoxy) is 1. The highest BCUT2D eigenvalue weighted by atomic mass is 31.2. The predicted molar refractivity (Wildman–Crippen MR) is 77.0 cm³/mol. The Morgan fingerprint density at radius 3 is 2.70 bits per heavy atom. The van der Waals surface area contributed by atoms with Crippen LogP contribution in [0.4, 0.5) is 0 Å². The number of carbonyl (C=O) groups excluding carboxylic acids is 1. The van der Waals surface area contributed by atoms with Gasteiger partial charge in [0, 0.05) is 32.2 Å². The quantitative estimate of drug-likeness (QED) is 0.528. The standard InChI is InChI=1S/C13H26NO5P/c1-4-13(2)9-11(19-20(16)17)10-14(13)12(15)7-5-6-8-18-3/h11,16-17H,4-10H2,1-3H3/t11-,13?/m1/s1. The zero-order chi connectivity index (χ0) is 15.2. The highest BCUT2D eigenvalue weighted by molar-refractivity contribution is 7.39. The van der Waals surface area contributed by atoms with Gasteiger partial charge in [0.2, 0.25) is 5.91 Å². The van der Waals surface area contributed by atoms with Crippen LogP contribution in [0.2, 0.25) is 0 Å². The predicted octanol–water partition coefficient (Wildman–Crippen LogP) is 1.80. The van der Waals surface area contributed by atoms with Crippen LogP contribution >= 0.6 is 8.60 Å². The molecule has 1 saturated heterocycles. The molecule has 2 atom stereocenters. The van der Waals surface area contributed by atoms with E-state index in [4.69, 9.17) is 19.0 Å². The van der Waals surface area contributed by atoms with Gasteiger partial charge in [-0.2, -0.15) is 0 Å². The lowest BCUT2D eigenvalue weighted by Gasteiger charge is -2.34. The number of hydrogen-bond donors (Lipinski definition) is 2. The topological polar surface area (TPSA) is 79.2 Å². The molecule has 1 heterocycles. The lowest BCUT2D eigenvalue weighted by Crippen LogP contribution is -2.44. The van der Waals surface area contributed by atoms with Crippen LogP contribution in [0, 0.1) is 0 Å². The van der Waals surface area contributed by atoms with Crippen molar-refractivity contribution >= 4 is 14.5 Å². The molecule has 20 heavy (non-hydrogen) atoms.